The molecule has 1 aromatic heterocycles. The van der Waals surface area contributed by atoms with Crippen molar-refractivity contribution in [2.24, 2.45) is 5.84 Å². The quantitative estimate of drug-likeness (QED) is 0.590. The van der Waals surface area contributed by atoms with Gasteiger partial charge in [-0.3, -0.25) is 15.7 Å². The Morgan fingerprint density at radius 2 is 2.50 bits per heavy atom. The second kappa shape index (κ2) is 6.68. The molecule has 0 radical (unpaired) electrons. The third-order valence-corrected chi connectivity index (χ3v) is 3.30. The van der Waals surface area contributed by atoms with Crippen LogP contribution < -0.4 is 11.3 Å². The fourth-order valence-electron chi connectivity index (χ4n) is 2.27. The highest BCUT2D eigenvalue weighted by molar-refractivity contribution is 5.41. The Balaban J connectivity index is 1.91. The van der Waals surface area contributed by atoms with Gasteiger partial charge in [0.15, 0.2) is 0 Å². The number of pyridine rings is 1. The number of nitrogen functional groups attached to an aromatic ring is 1. The number of hydrazine groups is 1. The van der Waals surface area contributed by atoms with Gasteiger partial charge in [-0.05, 0) is 31.5 Å². The summed E-state index contributed by atoms with van der Waals surface area (Å²) in [7, 11) is 0. The summed E-state index contributed by atoms with van der Waals surface area (Å²) in [5, 5.41) is 0. The Morgan fingerprint density at radius 3 is 3.17 bits per heavy atom. The Labute approximate surface area is 108 Å². The number of likely N-dealkylation sites (N-methyl/N-ethyl adjacent to an activating group) is 1. The number of ether oxygens (including phenoxy) is 1. The molecule has 1 atom stereocenters. The van der Waals surface area contributed by atoms with Crippen LogP contribution in [0.5, 0.6) is 0 Å². The zero-order valence-electron chi connectivity index (χ0n) is 10.9. The maximum absolute atomic E-state index is 5.67. The van der Waals surface area contributed by atoms with Gasteiger partial charge >= 0.3 is 0 Å². The minimum absolute atomic E-state index is 0.390. The number of anilines is 1. The van der Waals surface area contributed by atoms with Crippen LogP contribution in [0.25, 0.3) is 0 Å². The van der Waals surface area contributed by atoms with Crippen LogP contribution in [0.2, 0.25) is 0 Å². The zero-order valence-corrected chi connectivity index (χ0v) is 10.9. The first-order valence-electron chi connectivity index (χ1n) is 6.57. The van der Waals surface area contributed by atoms with E-state index in [0.717, 1.165) is 37.6 Å². The van der Waals surface area contributed by atoms with Crippen LogP contribution in [0.15, 0.2) is 18.3 Å². The summed E-state index contributed by atoms with van der Waals surface area (Å²) in [5.41, 5.74) is 4.58. The fourth-order valence-corrected chi connectivity index (χ4v) is 2.27. The van der Waals surface area contributed by atoms with E-state index in [1.165, 1.54) is 12.8 Å². The number of nitrogens with two attached hydrogens (primary N) is 1. The van der Waals surface area contributed by atoms with Crippen LogP contribution in [0.3, 0.4) is 0 Å². The van der Waals surface area contributed by atoms with E-state index in [-0.39, 0.29) is 0 Å². The molecule has 1 unspecified atom stereocenters. The van der Waals surface area contributed by atoms with E-state index in [1.54, 1.807) is 6.20 Å². The molecule has 0 aliphatic carbocycles. The first-order chi connectivity index (χ1) is 8.81. The van der Waals surface area contributed by atoms with Crippen molar-refractivity contribution in [1.29, 1.82) is 0 Å². The van der Waals surface area contributed by atoms with Crippen molar-refractivity contribution in [3.8, 4) is 0 Å². The molecule has 1 saturated heterocycles. The van der Waals surface area contributed by atoms with Crippen LogP contribution in [-0.2, 0) is 11.3 Å². The van der Waals surface area contributed by atoms with Crippen molar-refractivity contribution in [1.82, 2.24) is 9.88 Å². The molecule has 5 heteroatoms. The van der Waals surface area contributed by atoms with Crippen molar-refractivity contribution in [2.45, 2.75) is 32.4 Å². The van der Waals surface area contributed by atoms with Gasteiger partial charge in [0.1, 0.15) is 0 Å². The summed E-state index contributed by atoms with van der Waals surface area (Å²) in [5.74, 6) is 5.40. The van der Waals surface area contributed by atoms with Crippen molar-refractivity contribution in [2.75, 3.05) is 25.1 Å². The number of hydrogen-bond donors (Lipinski definition) is 2. The minimum atomic E-state index is 0.390. The molecule has 18 heavy (non-hydrogen) atoms. The predicted octanol–water partition coefficient (Wildman–Crippen LogP) is 1.37. The lowest BCUT2D eigenvalue weighted by Gasteiger charge is -2.23. The lowest BCUT2D eigenvalue weighted by Crippen LogP contribution is -2.32. The molecule has 2 heterocycles. The monoisotopic (exact) mass is 250 g/mol. The summed E-state index contributed by atoms with van der Waals surface area (Å²) >= 11 is 0. The predicted molar refractivity (Wildman–Crippen MR) is 72.0 cm³/mol. The van der Waals surface area contributed by atoms with E-state index in [9.17, 15) is 0 Å². The molecule has 1 aliphatic rings. The van der Waals surface area contributed by atoms with Gasteiger partial charge in [-0.2, -0.15) is 0 Å². The van der Waals surface area contributed by atoms with Crippen molar-refractivity contribution >= 4 is 5.69 Å². The average molecular weight is 250 g/mol. The summed E-state index contributed by atoms with van der Waals surface area (Å²) in [6.45, 7) is 5.90. The Hall–Kier alpha value is -1.17. The summed E-state index contributed by atoms with van der Waals surface area (Å²) in [4.78, 5) is 6.73. The Morgan fingerprint density at radius 1 is 1.61 bits per heavy atom. The molecule has 0 bridgehead atoms. The zero-order chi connectivity index (χ0) is 12.8. The van der Waals surface area contributed by atoms with Crippen LogP contribution in [0.4, 0.5) is 5.69 Å². The minimum Gasteiger partial charge on any atom is -0.377 e. The molecule has 0 spiro atoms. The smallest absolute Gasteiger partial charge is 0.0702 e. The van der Waals surface area contributed by atoms with Gasteiger partial charge in [0.25, 0.3) is 0 Å². The Bertz CT molecular complexity index is 366. The van der Waals surface area contributed by atoms with Gasteiger partial charge in [-0.1, -0.05) is 6.92 Å². The molecule has 0 saturated carbocycles. The number of nitrogens with zero attached hydrogens (tertiary/aromatic N) is 2. The molecular formula is C13H22N4O. The molecule has 3 N–H and O–H groups in total. The highest BCUT2D eigenvalue weighted by Gasteiger charge is 2.18. The van der Waals surface area contributed by atoms with Gasteiger partial charge in [-0.15, -0.1) is 0 Å². The second-order valence-corrected chi connectivity index (χ2v) is 4.64. The third kappa shape index (κ3) is 3.66. The standard InChI is InChI=1S/C13H22N4O/c1-2-17(10-13-4-3-7-18-13)9-12-8-11(16-14)5-6-15-12/h5-6,8,13H,2-4,7,9-10,14H2,1H3,(H,15,16). The van der Waals surface area contributed by atoms with Crippen LogP contribution in [-0.4, -0.2) is 35.7 Å². The summed E-state index contributed by atoms with van der Waals surface area (Å²) < 4.78 is 5.67. The van der Waals surface area contributed by atoms with E-state index in [2.05, 4.69) is 22.2 Å². The highest BCUT2D eigenvalue weighted by atomic mass is 16.5. The Kier molecular flexibility index (Phi) is 4.92. The van der Waals surface area contributed by atoms with Gasteiger partial charge in [-0.25, -0.2) is 0 Å². The lowest BCUT2D eigenvalue weighted by molar-refractivity contribution is 0.0721. The highest BCUT2D eigenvalue weighted by Crippen LogP contribution is 2.15. The number of hydrogen-bond acceptors (Lipinski definition) is 5. The van der Waals surface area contributed by atoms with Crippen LogP contribution in [0, 0.1) is 0 Å². The molecule has 5 nitrogen and oxygen atoms in total. The van der Waals surface area contributed by atoms with Crippen molar-refractivity contribution < 1.29 is 4.74 Å². The molecule has 0 amide bonds. The van der Waals surface area contributed by atoms with Gasteiger partial charge in [0.2, 0.25) is 0 Å². The maximum atomic E-state index is 5.67. The molecule has 100 valence electrons. The number of aromatic nitrogens is 1. The molecular weight excluding hydrogens is 228 g/mol. The number of nitrogens with one attached hydrogen (secondary N) is 1. The van der Waals surface area contributed by atoms with E-state index in [1.807, 2.05) is 12.1 Å². The van der Waals surface area contributed by atoms with E-state index >= 15 is 0 Å². The maximum Gasteiger partial charge on any atom is 0.0702 e. The van der Waals surface area contributed by atoms with Gasteiger partial charge < -0.3 is 10.2 Å². The normalized spacial score (nSPS) is 19.4. The molecule has 1 fully saturated rings. The lowest BCUT2D eigenvalue weighted by atomic mass is 10.2. The van der Waals surface area contributed by atoms with Crippen molar-refractivity contribution in [3.63, 3.8) is 0 Å². The summed E-state index contributed by atoms with van der Waals surface area (Å²) in [6.07, 6.45) is 4.53. The average Bonchev–Trinajstić information content (AvgIpc) is 2.91. The van der Waals surface area contributed by atoms with E-state index in [0.29, 0.717) is 6.10 Å². The van der Waals surface area contributed by atoms with Crippen LogP contribution >= 0.6 is 0 Å². The van der Waals surface area contributed by atoms with E-state index in [4.69, 9.17) is 10.6 Å². The molecule has 2 rings (SSSR count). The first-order valence-corrected chi connectivity index (χ1v) is 6.57. The summed E-state index contributed by atoms with van der Waals surface area (Å²) in [6, 6.07) is 3.85. The second-order valence-electron chi connectivity index (χ2n) is 4.64. The molecule has 1 aliphatic heterocycles. The topological polar surface area (TPSA) is 63.4 Å². The third-order valence-electron chi connectivity index (χ3n) is 3.30. The largest absolute Gasteiger partial charge is 0.377 e. The number of rotatable bonds is 6. The SMILES string of the molecule is CCN(Cc1cc(NN)ccn1)CC1CCCO1. The van der Waals surface area contributed by atoms with Gasteiger partial charge in [0.05, 0.1) is 17.5 Å². The first kappa shape index (κ1) is 13.3. The van der Waals surface area contributed by atoms with Crippen LogP contribution in [0.1, 0.15) is 25.5 Å². The van der Waals surface area contributed by atoms with Gasteiger partial charge in [0, 0.05) is 25.9 Å². The van der Waals surface area contributed by atoms with E-state index < -0.39 is 0 Å². The molecule has 0 aromatic carbocycles. The van der Waals surface area contributed by atoms with Crippen molar-refractivity contribution in [3.05, 3.63) is 24.0 Å². The molecule has 1 aromatic rings. The fraction of sp³-hybridized carbons (Fsp3) is 0.615.